The molecule has 14 heavy (non-hydrogen) atoms. The second kappa shape index (κ2) is 10.5. The van der Waals surface area contributed by atoms with Crippen LogP contribution in [0.15, 0.2) is 0 Å². The number of hydrogen-bond donors (Lipinski definition) is 3. The number of amides is 1. The van der Waals surface area contributed by atoms with Gasteiger partial charge in [-0.2, -0.15) is 0 Å². The molecule has 0 radical (unpaired) electrons. The van der Waals surface area contributed by atoms with Crippen molar-refractivity contribution in [2.24, 2.45) is 0 Å². The van der Waals surface area contributed by atoms with E-state index in [0.29, 0.717) is 13.0 Å². The van der Waals surface area contributed by atoms with Gasteiger partial charge in [-0.15, -0.1) is 0 Å². The summed E-state index contributed by atoms with van der Waals surface area (Å²) in [5.41, 5.74) is 0. The molecule has 0 saturated carbocycles. The highest BCUT2D eigenvalue weighted by Gasteiger charge is 1.97. The Morgan fingerprint density at radius 2 is 2.00 bits per heavy atom. The first-order valence-corrected chi connectivity index (χ1v) is 5.39. The number of aliphatic hydroxyl groups is 1. The lowest BCUT2D eigenvalue weighted by atomic mass is 10.2. The second-order valence-electron chi connectivity index (χ2n) is 3.24. The zero-order valence-corrected chi connectivity index (χ0v) is 9.01. The average molecular weight is 202 g/mol. The fourth-order valence-corrected chi connectivity index (χ4v) is 1.15. The van der Waals surface area contributed by atoms with Crippen molar-refractivity contribution >= 4 is 5.91 Å². The molecule has 0 aromatic carbocycles. The van der Waals surface area contributed by atoms with Crippen molar-refractivity contribution in [2.45, 2.75) is 32.6 Å². The van der Waals surface area contributed by atoms with Crippen LogP contribution >= 0.6 is 0 Å². The first kappa shape index (κ1) is 13.4. The van der Waals surface area contributed by atoms with Gasteiger partial charge in [0.05, 0.1) is 0 Å². The molecule has 0 atom stereocenters. The largest absolute Gasteiger partial charge is 0.396 e. The molecule has 84 valence electrons. The van der Waals surface area contributed by atoms with Crippen LogP contribution in [-0.4, -0.2) is 37.3 Å². The lowest BCUT2D eigenvalue weighted by Gasteiger charge is -2.04. The molecule has 0 rings (SSSR count). The van der Waals surface area contributed by atoms with Crippen LogP contribution in [-0.2, 0) is 4.79 Å². The standard InChI is InChI=1S/C10H22N2O2/c1-2-12-10(14)6-8-11-7-4-3-5-9-13/h11,13H,2-9H2,1H3,(H,12,14). The molecule has 0 spiro atoms. The van der Waals surface area contributed by atoms with Gasteiger partial charge >= 0.3 is 0 Å². The third kappa shape index (κ3) is 9.48. The Hall–Kier alpha value is -0.610. The van der Waals surface area contributed by atoms with Crippen molar-refractivity contribution < 1.29 is 9.90 Å². The Morgan fingerprint density at radius 1 is 1.21 bits per heavy atom. The van der Waals surface area contributed by atoms with Gasteiger partial charge in [0.1, 0.15) is 0 Å². The normalized spacial score (nSPS) is 10.1. The van der Waals surface area contributed by atoms with Crippen molar-refractivity contribution in [1.29, 1.82) is 0 Å². The van der Waals surface area contributed by atoms with Crippen LogP contribution in [0.4, 0.5) is 0 Å². The first-order chi connectivity index (χ1) is 6.81. The molecule has 0 unspecified atom stereocenters. The minimum atomic E-state index is 0.107. The van der Waals surface area contributed by atoms with E-state index in [4.69, 9.17) is 5.11 Å². The fraction of sp³-hybridized carbons (Fsp3) is 0.900. The van der Waals surface area contributed by atoms with E-state index in [2.05, 4.69) is 10.6 Å². The number of nitrogens with one attached hydrogen (secondary N) is 2. The van der Waals surface area contributed by atoms with Crippen LogP contribution in [0.25, 0.3) is 0 Å². The monoisotopic (exact) mass is 202 g/mol. The quantitative estimate of drug-likeness (QED) is 0.470. The van der Waals surface area contributed by atoms with Gasteiger partial charge in [-0.3, -0.25) is 4.79 Å². The average Bonchev–Trinajstić information content (AvgIpc) is 2.17. The summed E-state index contributed by atoms with van der Waals surface area (Å²) in [5.74, 6) is 0.107. The summed E-state index contributed by atoms with van der Waals surface area (Å²) in [6, 6.07) is 0. The summed E-state index contributed by atoms with van der Waals surface area (Å²) in [6.07, 6.45) is 3.53. The Morgan fingerprint density at radius 3 is 2.64 bits per heavy atom. The smallest absolute Gasteiger partial charge is 0.221 e. The molecular weight excluding hydrogens is 180 g/mol. The van der Waals surface area contributed by atoms with E-state index < -0.39 is 0 Å². The SMILES string of the molecule is CCNC(=O)CCNCCCCCO. The molecule has 3 N–H and O–H groups in total. The van der Waals surface area contributed by atoms with Gasteiger partial charge in [0.15, 0.2) is 0 Å². The fourth-order valence-electron chi connectivity index (χ4n) is 1.15. The van der Waals surface area contributed by atoms with Gasteiger partial charge < -0.3 is 15.7 Å². The van der Waals surface area contributed by atoms with Gasteiger partial charge in [0.2, 0.25) is 5.91 Å². The molecule has 0 aliphatic heterocycles. The van der Waals surface area contributed by atoms with E-state index in [0.717, 1.165) is 32.4 Å². The van der Waals surface area contributed by atoms with Gasteiger partial charge in [0.25, 0.3) is 0 Å². The molecular formula is C10H22N2O2. The van der Waals surface area contributed by atoms with Crippen LogP contribution in [0.2, 0.25) is 0 Å². The number of carbonyl (C=O) groups is 1. The number of carbonyl (C=O) groups excluding carboxylic acids is 1. The van der Waals surface area contributed by atoms with Crippen LogP contribution in [0.1, 0.15) is 32.6 Å². The van der Waals surface area contributed by atoms with Gasteiger partial charge in [-0.05, 0) is 32.7 Å². The van der Waals surface area contributed by atoms with Crippen LogP contribution in [0.3, 0.4) is 0 Å². The van der Waals surface area contributed by atoms with Crippen molar-refractivity contribution in [3.63, 3.8) is 0 Å². The molecule has 1 amide bonds. The summed E-state index contributed by atoms with van der Waals surface area (Å²) >= 11 is 0. The zero-order chi connectivity index (χ0) is 10.6. The number of rotatable bonds is 9. The molecule has 0 aliphatic carbocycles. The van der Waals surface area contributed by atoms with E-state index in [9.17, 15) is 4.79 Å². The predicted octanol–water partition coefficient (Wildman–Crippen LogP) is 0.265. The third-order valence-electron chi connectivity index (χ3n) is 1.91. The lowest BCUT2D eigenvalue weighted by molar-refractivity contribution is -0.120. The molecule has 0 heterocycles. The molecule has 0 saturated heterocycles. The summed E-state index contributed by atoms with van der Waals surface area (Å²) < 4.78 is 0. The van der Waals surface area contributed by atoms with Crippen LogP contribution in [0.5, 0.6) is 0 Å². The summed E-state index contributed by atoms with van der Waals surface area (Å²) in [4.78, 5) is 11.0. The Kier molecular flexibility index (Phi) is 10.0. The molecule has 0 aliphatic rings. The summed E-state index contributed by atoms with van der Waals surface area (Å²) in [7, 11) is 0. The van der Waals surface area contributed by atoms with Crippen molar-refractivity contribution in [3.05, 3.63) is 0 Å². The highest BCUT2D eigenvalue weighted by atomic mass is 16.2. The molecule has 4 heteroatoms. The summed E-state index contributed by atoms with van der Waals surface area (Å²) in [6.45, 7) is 4.57. The first-order valence-electron chi connectivity index (χ1n) is 5.39. The molecule has 0 aromatic heterocycles. The third-order valence-corrected chi connectivity index (χ3v) is 1.91. The maximum atomic E-state index is 11.0. The maximum absolute atomic E-state index is 11.0. The minimum absolute atomic E-state index is 0.107. The molecule has 0 aromatic rings. The van der Waals surface area contributed by atoms with E-state index >= 15 is 0 Å². The molecule has 0 fully saturated rings. The molecule has 4 nitrogen and oxygen atoms in total. The van der Waals surface area contributed by atoms with Gasteiger partial charge in [-0.1, -0.05) is 0 Å². The number of aliphatic hydroxyl groups excluding tert-OH is 1. The Balaban J connectivity index is 3.01. The topological polar surface area (TPSA) is 61.4 Å². The Bertz CT molecular complexity index is 140. The van der Waals surface area contributed by atoms with Crippen LogP contribution in [0, 0.1) is 0 Å². The van der Waals surface area contributed by atoms with E-state index in [1.54, 1.807) is 0 Å². The minimum Gasteiger partial charge on any atom is -0.396 e. The highest BCUT2D eigenvalue weighted by Crippen LogP contribution is 1.91. The van der Waals surface area contributed by atoms with Crippen molar-refractivity contribution in [1.82, 2.24) is 10.6 Å². The lowest BCUT2D eigenvalue weighted by Crippen LogP contribution is -2.27. The predicted molar refractivity (Wildman–Crippen MR) is 57.1 cm³/mol. The number of unbranched alkanes of at least 4 members (excludes halogenated alkanes) is 2. The van der Waals surface area contributed by atoms with Crippen molar-refractivity contribution in [2.75, 3.05) is 26.2 Å². The zero-order valence-electron chi connectivity index (χ0n) is 9.01. The summed E-state index contributed by atoms with van der Waals surface area (Å²) in [5, 5.41) is 14.5. The van der Waals surface area contributed by atoms with E-state index in [1.807, 2.05) is 6.92 Å². The Labute approximate surface area is 86.1 Å². The number of hydrogen-bond acceptors (Lipinski definition) is 3. The maximum Gasteiger partial charge on any atom is 0.221 e. The van der Waals surface area contributed by atoms with E-state index in [-0.39, 0.29) is 12.5 Å². The van der Waals surface area contributed by atoms with Gasteiger partial charge in [-0.25, -0.2) is 0 Å². The van der Waals surface area contributed by atoms with Crippen LogP contribution < -0.4 is 10.6 Å². The van der Waals surface area contributed by atoms with Gasteiger partial charge in [0, 0.05) is 26.1 Å². The van der Waals surface area contributed by atoms with E-state index in [1.165, 1.54) is 0 Å². The molecule has 0 bridgehead atoms. The highest BCUT2D eigenvalue weighted by molar-refractivity contribution is 5.75. The second-order valence-corrected chi connectivity index (χ2v) is 3.24. The van der Waals surface area contributed by atoms with Crippen molar-refractivity contribution in [3.8, 4) is 0 Å².